The quantitative estimate of drug-likeness (QED) is 0.860. The van der Waals surface area contributed by atoms with Crippen molar-refractivity contribution >= 4 is 17.7 Å². The molecule has 2 amide bonds. The Kier molecular flexibility index (Phi) is 4.95. The van der Waals surface area contributed by atoms with Crippen molar-refractivity contribution in [3.8, 4) is 0 Å². The van der Waals surface area contributed by atoms with Crippen LogP contribution in [0.25, 0.3) is 0 Å². The number of carbonyl (C=O) groups excluding carboxylic acids is 2. The van der Waals surface area contributed by atoms with E-state index in [-0.39, 0.29) is 6.04 Å². The average molecular weight is 370 g/mol. The van der Waals surface area contributed by atoms with E-state index in [1.54, 1.807) is 4.90 Å². The second-order valence-electron chi connectivity index (χ2n) is 7.76. The highest BCUT2D eigenvalue weighted by atomic mass is 16.6. The molecule has 7 nitrogen and oxygen atoms in total. The molecular formula is C20H26N4O3. The molecule has 0 aliphatic carbocycles. The van der Waals surface area contributed by atoms with Crippen LogP contribution in [0.1, 0.15) is 67.7 Å². The number of H-pyrrole nitrogens is 1. The fourth-order valence-corrected chi connectivity index (χ4v) is 3.35. The molecule has 1 aromatic heterocycles. The number of benzene rings is 1. The third kappa shape index (κ3) is 3.82. The van der Waals surface area contributed by atoms with Crippen LogP contribution in [-0.2, 0) is 17.6 Å². The summed E-state index contributed by atoms with van der Waals surface area (Å²) in [5.74, 6) is 0.00541. The number of aromatic nitrogens is 2. The number of nitrogens with one attached hydrogen (secondary N) is 1. The predicted molar refractivity (Wildman–Crippen MR) is 103 cm³/mol. The molecule has 0 saturated heterocycles. The summed E-state index contributed by atoms with van der Waals surface area (Å²) >= 11 is 0. The van der Waals surface area contributed by atoms with E-state index in [4.69, 9.17) is 10.5 Å². The van der Waals surface area contributed by atoms with Crippen LogP contribution in [0.4, 0.5) is 10.5 Å². The number of amides is 2. The van der Waals surface area contributed by atoms with E-state index in [2.05, 4.69) is 9.97 Å². The Morgan fingerprint density at radius 2 is 2.04 bits per heavy atom. The average Bonchev–Trinajstić information content (AvgIpc) is 3.14. The summed E-state index contributed by atoms with van der Waals surface area (Å²) in [6, 6.07) is 7.33. The fourth-order valence-electron chi connectivity index (χ4n) is 3.35. The zero-order valence-electron chi connectivity index (χ0n) is 16.2. The van der Waals surface area contributed by atoms with E-state index < -0.39 is 17.6 Å². The first-order valence-corrected chi connectivity index (χ1v) is 9.20. The largest absolute Gasteiger partial charge is 0.443 e. The first-order valence-electron chi connectivity index (χ1n) is 9.20. The molecule has 0 saturated carbocycles. The van der Waals surface area contributed by atoms with Gasteiger partial charge in [-0.05, 0) is 38.8 Å². The number of aromatic amines is 1. The van der Waals surface area contributed by atoms with Crippen LogP contribution in [-0.4, -0.2) is 27.6 Å². The Morgan fingerprint density at radius 1 is 1.33 bits per heavy atom. The van der Waals surface area contributed by atoms with Crippen molar-refractivity contribution in [3.05, 3.63) is 47.0 Å². The third-order valence-electron chi connectivity index (χ3n) is 4.41. The van der Waals surface area contributed by atoms with E-state index in [0.717, 1.165) is 17.7 Å². The lowest BCUT2D eigenvalue weighted by atomic mass is 10.1. The summed E-state index contributed by atoms with van der Waals surface area (Å²) in [5.41, 5.74) is 7.66. The molecule has 1 aliphatic heterocycles. The second-order valence-corrected chi connectivity index (χ2v) is 7.76. The predicted octanol–water partition coefficient (Wildman–Crippen LogP) is 3.50. The molecule has 1 aliphatic rings. The molecule has 2 aromatic rings. The van der Waals surface area contributed by atoms with Gasteiger partial charge in [0.25, 0.3) is 5.91 Å². The summed E-state index contributed by atoms with van der Waals surface area (Å²) in [6.45, 7) is 7.51. The van der Waals surface area contributed by atoms with Crippen molar-refractivity contribution < 1.29 is 14.3 Å². The molecule has 7 heteroatoms. The summed E-state index contributed by atoms with van der Waals surface area (Å²) in [4.78, 5) is 34.0. The molecule has 1 atom stereocenters. The second kappa shape index (κ2) is 7.06. The first kappa shape index (κ1) is 18.9. The lowest BCUT2D eigenvalue weighted by Crippen LogP contribution is -2.38. The molecule has 144 valence electrons. The standard InChI is InChI=1S/C20H26N4O3/c1-5-8-13-16(17(21)25)23-18(22-13)15-11-12-9-6-7-10-14(12)24(15)19(26)27-20(2,3)4/h6-7,9-10,15H,5,8,11H2,1-4H3,(H2,21,25)(H,22,23). The van der Waals surface area contributed by atoms with Gasteiger partial charge in [-0.2, -0.15) is 0 Å². The van der Waals surface area contributed by atoms with Crippen LogP contribution in [0.2, 0.25) is 0 Å². The number of anilines is 1. The van der Waals surface area contributed by atoms with E-state index in [1.165, 1.54) is 0 Å². The van der Waals surface area contributed by atoms with Gasteiger partial charge in [0.15, 0.2) is 0 Å². The molecule has 27 heavy (non-hydrogen) atoms. The summed E-state index contributed by atoms with van der Waals surface area (Å²) < 4.78 is 5.62. The number of nitrogens with zero attached hydrogens (tertiary/aromatic N) is 2. The number of carbonyl (C=O) groups is 2. The molecule has 0 bridgehead atoms. The Morgan fingerprint density at radius 3 is 2.67 bits per heavy atom. The zero-order valence-corrected chi connectivity index (χ0v) is 16.2. The van der Waals surface area contributed by atoms with Gasteiger partial charge in [0.1, 0.15) is 23.2 Å². The van der Waals surface area contributed by atoms with Crippen LogP contribution < -0.4 is 10.6 Å². The highest BCUT2D eigenvalue weighted by Crippen LogP contribution is 2.40. The van der Waals surface area contributed by atoms with E-state index in [1.807, 2.05) is 52.0 Å². The molecule has 0 spiro atoms. The van der Waals surface area contributed by atoms with Gasteiger partial charge in [-0.3, -0.25) is 9.69 Å². The SMILES string of the molecule is CCCc1nc(C2Cc3ccccc3N2C(=O)OC(C)(C)C)[nH]c1C(N)=O. The third-order valence-corrected chi connectivity index (χ3v) is 4.41. The maximum absolute atomic E-state index is 12.9. The Labute approximate surface area is 158 Å². The van der Waals surface area contributed by atoms with Crippen molar-refractivity contribution in [2.45, 2.75) is 58.6 Å². The van der Waals surface area contributed by atoms with Crippen molar-refractivity contribution in [1.82, 2.24) is 9.97 Å². The first-order chi connectivity index (χ1) is 12.7. The van der Waals surface area contributed by atoms with Crippen molar-refractivity contribution in [1.29, 1.82) is 0 Å². The molecule has 2 heterocycles. The van der Waals surface area contributed by atoms with E-state index in [9.17, 15) is 9.59 Å². The summed E-state index contributed by atoms with van der Waals surface area (Å²) in [6.07, 6.45) is 1.63. The monoisotopic (exact) mass is 370 g/mol. The zero-order chi connectivity index (χ0) is 19.8. The van der Waals surface area contributed by atoms with Gasteiger partial charge in [0.05, 0.1) is 11.4 Å². The molecule has 0 radical (unpaired) electrons. The molecule has 3 rings (SSSR count). The number of primary amides is 1. The van der Waals surface area contributed by atoms with Gasteiger partial charge in [-0.1, -0.05) is 31.5 Å². The normalized spacial score (nSPS) is 16.3. The number of hydrogen-bond donors (Lipinski definition) is 2. The van der Waals surface area contributed by atoms with Gasteiger partial charge < -0.3 is 15.5 Å². The maximum Gasteiger partial charge on any atom is 0.415 e. The van der Waals surface area contributed by atoms with E-state index in [0.29, 0.717) is 30.1 Å². The number of para-hydroxylation sites is 1. The highest BCUT2D eigenvalue weighted by Gasteiger charge is 2.39. The smallest absolute Gasteiger partial charge is 0.415 e. The molecule has 3 N–H and O–H groups in total. The highest BCUT2D eigenvalue weighted by molar-refractivity contribution is 5.93. The van der Waals surface area contributed by atoms with Crippen molar-refractivity contribution in [3.63, 3.8) is 0 Å². The van der Waals surface area contributed by atoms with Crippen LogP contribution in [0.3, 0.4) is 0 Å². The Hall–Kier alpha value is -2.83. The van der Waals surface area contributed by atoms with Gasteiger partial charge in [-0.25, -0.2) is 9.78 Å². The lowest BCUT2D eigenvalue weighted by Gasteiger charge is -2.28. The van der Waals surface area contributed by atoms with Crippen LogP contribution in [0.15, 0.2) is 24.3 Å². The Balaban J connectivity index is 2.02. The number of ether oxygens (including phenoxy) is 1. The van der Waals surface area contributed by atoms with Gasteiger partial charge in [0.2, 0.25) is 0 Å². The molecule has 1 unspecified atom stereocenters. The number of nitrogens with two attached hydrogens (primary N) is 1. The van der Waals surface area contributed by atoms with Gasteiger partial charge in [-0.15, -0.1) is 0 Å². The number of aryl methyl sites for hydroxylation is 1. The van der Waals surface area contributed by atoms with Crippen molar-refractivity contribution in [2.75, 3.05) is 4.90 Å². The molecule has 1 aromatic carbocycles. The Bertz CT molecular complexity index is 866. The van der Waals surface area contributed by atoms with Crippen LogP contribution in [0.5, 0.6) is 0 Å². The van der Waals surface area contributed by atoms with Crippen LogP contribution in [0, 0.1) is 0 Å². The maximum atomic E-state index is 12.9. The minimum Gasteiger partial charge on any atom is -0.443 e. The van der Waals surface area contributed by atoms with Gasteiger partial charge >= 0.3 is 6.09 Å². The molecule has 0 fully saturated rings. The summed E-state index contributed by atoms with van der Waals surface area (Å²) in [5, 5.41) is 0. The minimum absolute atomic E-state index is 0.312. The number of rotatable bonds is 4. The van der Waals surface area contributed by atoms with Gasteiger partial charge in [0, 0.05) is 6.42 Å². The fraction of sp³-hybridized carbons (Fsp3) is 0.450. The molecular weight excluding hydrogens is 344 g/mol. The lowest BCUT2D eigenvalue weighted by molar-refractivity contribution is 0.0568. The summed E-state index contributed by atoms with van der Waals surface area (Å²) in [7, 11) is 0. The number of fused-ring (bicyclic) bond motifs is 1. The topological polar surface area (TPSA) is 101 Å². The number of imidazole rings is 1. The van der Waals surface area contributed by atoms with Crippen LogP contribution >= 0.6 is 0 Å². The van der Waals surface area contributed by atoms with Crippen molar-refractivity contribution in [2.24, 2.45) is 5.73 Å². The minimum atomic E-state index is -0.617. The van der Waals surface area contributed by atoms with E-state index >= 15 is 0 Å². The number of hydrogen-bond acceptors (Lipinski definition) is 4.